The van der Waals surface area contributed by atoms with Gasteiger partial charge in [-0.25, -0.2) is 0 Å². The maximum absolute atomic E-state index is 11.9. The second-order valence-corrected chi connectivity index (χ2v) is 6.03. The Morgan fingerprint density at radius 2 is 2.25 bits per heavy atom. The molecule has 90 valence electrons. The number of aliphatic hydroxyl groups excluding tert-OH is 1. The van der Waals surface area contributed by atoms with Gasteiger partial charge in [0, 0.05) is 18.4 Å². The lowest BCUT2D eigenvalue weighted by molar-refractivity contribution is -0.133. The van der Waals surface area contributed by atoms with E-state index in [1.54, 1.807) is 0 Å². The van der Waals surface area contributed by atoms with Crippen molar-refractivity contribution in [3.8, 4) is 0 Å². The molecule has 3 aliphatic carbocycles. The Bertz CT molecular complexity index is 319. The Balaban J connectivity index is 2.22. The number of carbonyl (C=O) groups excluding carboxylic acids is 1. The molecular formula is C14H22O2. The van der Waals surface area contributed by atoms with E-state index in [1.165, 1.54) is 0 Å². The zero-order chi connectivity index (χ0) is 11.9. The topological polar surface area (TPSA) is 37.3 Å². The van der Waals surface area contributed by atoms with Gasteiger partial charge in [0.15, 0.2) is 0 Å². The van der Waals surface area contributed by atoms with Crippen molar-refractivity contribution < 1.29 is 9.90 Å². The predicted molar refractivity (Wildman–Crippen MR) is 63.9 cm³/mol. The highest BCUT2D eigenvalue weighted by Gasteiger charge is 2.47. The third-order valence-corrected chi connectivity index (χ3v) is 4.60. The minimum absolute atomic E-state index is 0.247. The number of aliphatic hydroxyl groups is 1. The number of rotatable bonds is 3. The summed E-state index contributed by atoms with van der Waals surface area (Å²) in [6.07, 6.45) is 5.91. The van der Waals surface area contributed by atoms with E-state index in [9.17, 15) is 9.90 Å². The molecule has 0 radical (unpaired) electrons. The fourth-order valence-corrected chi connectivity index (χ4v) is 3.37. The summed E-state index contributed by atoms with van der Waals surface area (Å²) >= 11 is 0. The summed E-state index contributed by atoms with van der Waals surface area (Å²) in [5, 5.41) is 9.52. The highest BCUT2D eigenvalue weighted by molar-refractivity contribution is 5.88. The zero-order valence-corrected chi connectivity index (χ0v) is 10.4. The van der Waals surface area contributed by atoms with Gasteiger partial charge in [0.2, 0.25) is 0 Å². The molecular weight excluding hydrogens is 200 g/mol. The van der Waals surface area contributed by atoms with E-state index in [1.807, 2.05) is 6.92 Å². The van der Waals surface area contributed by atoms with Gasteiger partial charge in [-0.05, 0) is 37.0 Å². The van der Waals surface area contributed by atoms with Crippen LogP contribution in [0.2, 0.25) is 0 Å². The lowest BCUT2D eigenvalue weighted by atomic mass is 9.56. The van der Waals surface area contributed by atoms with Crippen molar-refractivity contribution >= 4 is 5.78 Å². The monoisotopic (exact) mass is 222 g/mol. The highest BCUT2D eigenvalue weighted by Crippen LogP contribution is 2.49. The number of fused-ring (bicyclic) bond motifs is 2. The summed E-state index contributed by atoms with van der Waals surface area (Å²) in [6.45, 7) is 6.62. The van der Waals surface area contributed by atoms with E-state index in [2.05, 4.69) is 26.0 Å². The Morgan fingerprint density at radius 3 is 2.69 bits per heavy atom. The van der Waals surface area contributed by atoms with Crippen molar-refractivity contribution in [2.45, 2.75) is 33.6 Å². The molecule has 3 aliphatic rings. The van der Waals surface area contributed by atoms with Crippen molar-refractivity contribution in [1.29, 1.82) is 0 Å². The van der Waals surface area contributed by atoms with E-state index in [4.69, 9.17) is 0 Å². The summed E-state index contributed by atoms with van der Waals surface area (Å²) in [7, 11) is 0. The van der Waals surface area contributed by atoms with Crippen LogP contribution >= 0.6 is 0 Å². The molecule has 1 fully saturated rings. The van der Waals surface area contributed by atoms with Gasteiger partial charge in [-0.15, -0.1) is 0 Å². The second-order valence-electron chi connectivity index (χ2n) is 6.03. The Morgan fingerprint density at radius 1 is 1.56 bits per heavy atom. The van der Waals surface area contributed by atoms with Crippen molar-refractivity contribution in [2.75, 3.05) is 6.61 Å². The molecule has 0 unspecified atom stereocenters. The summed E-state index contributed by atoms with van der Waals surface area (Å²) in [5.41, 5.74) is -0.248. The quantitative estimate of drug-likeness (QED) is 0.745. The molecule has 0 aromatic rings. The number of Topliss-reactive ketones (excluding diaryl/α,β-unsaturated/α-hetero) is 1. The number of allylic oxidation sites excluding steroid dienone is 2. The van der Waals surface area contributed by atoms with Crippen molar-refractivity contribution in [1.82, 2.24) is 0 Å². The van der Waals surface area contributed by atoms with Gasteiger partial charge in [0.25, 0.3) is 0 Å². The van der Waals surface area contributed by atoms with Crippen LogP contribution in [0.25, 0.3) is 0 Å². The third kappa shape index (κ3) is 1.73. The van der Waals surface area contributed by atoms with Crippen LogP contribution in [0, 0.1) is 29.1 Å². The van der Waals surface area contributed by atoms with Gasteiger partial charge in [-0.1, -0.05) is 26.0 Å². The van der Waals surface area contributed by atoms with E-state index >= 15 is 0 Å². The summed E-state index contributed by atoms with van der Waals surface area (Å²) in [4.78, 5) is 11.9. The lowest BCUT2D eigenvalue weighted by Gasteiger charge is -2.47. The van der Waals surface area contributed by atoms with Crippen LogP contribution in [0.3, 0.4) is 0 Å². The molecule has 2 heteroatoms. The molecule has 0 aromatic carbocycles. The minimum Gasteiger partial charge on any atom is -0.396 e. The zero-order valence-electron chi connectivity index (χ0n) is 10.4. The van der Waals surface area contributed by atoms with Crippen molar-refractivity contribution in [2.24, 2.45) is 29.1 Å². The van der Waals surface area contributed by atoms with Gasteiger partial charge >= 0.3 is 0 Å². The van der Waals surface area contributed by atoms with Gasteiger partial charge < -0.3 is 5.11 Å². The Hall–Kier alpha value is -0.630. The second kappa shape index (κ2) is 3.99. The minimum atomic E-state index is -0.248. The SMILES string of the molecule is CC(C)[C@@H](CO)[C@@H]1C[C@@]2(C)C=C[C@@H]1CC2=O. The molecule has 2 bridgehead atoms. The number of hydrogen-bond donors (Lipinski definition) is 1. The molecule has 2 nitrogen and oxygen atoms in total. The predicted octanol–water partition coefficient (Wildman–Crippen LogP) is 2.42. The lowest BCUT2D eigenvalue weighted by Crippen LogP contribution is -2.46. The molecule has 0 heterocycles. The van der Waals surface area contributed by atoms with Crippen LogP contribution < -0.4 is 0 Å². The molecule has 0 amide bonds. The Labute approximate surface area is 97.7 Å². The molecule has 3 rings (SSSR count). The average molecular weight is 222 g/mol. The fraction of sp³-hybridized carbons (Fsp3) is 0.786. The normalized spacial score (nSPS) is 39.4. The average Bonchev–Trinajstić information content (AvgIpc) is 2.21. The van der Waals surface area contributed by atoms with Crippen LogP contribution in [-0.4, -0.2) is 17.5 Å². The maximum atomic E-state index is 11.9. The van der Waals surface area contributed by atoms with Gasteiger partial charge in [-0.2, -0.15) is 0 Å². The van der Waals surface area contributed by atoms with E-state index in [0.29, 0.717) is 35.9 Å². The summed E-state index contributed by atoms with van der Waals surface area (Å²) in [6, 6.07) is 0. The first-order valence-corrected chi connectivity index (χ1v) is 6.31. The maximum Gasteiger partial charge on any atom is 0.143 e. The van der Waals surface area contributed by atoms with E-state index < -0.39 is 0 Å². The standard InChI is InChI=1S/C14H22O2/c1-9(2)12(8-15)11-7-14(3)5-4-10(11)6-13(14)16/h4-5,9-12,15H,6-8H2,1-3H3/t10-,11-,12-,14-/m1/s1. The molecule has 0 spiro atoms. The molecule has 0 aromatic heterocycles. The largest absolute Gasteiger partial charge is 0.396 e. The van der Waals surface area contributed by atoms with Crippen molar-refractivity contribution in [3.63, 3.8) is 0 Å². The van der Waals surface area contributed by atoms with E-state index in [-0.39, 0.29) is 12.0 Å². The van der Waals surface area contributed by atoms with Gasteiger partial charge in [-0.3, -0.25) is 4.79 Å². The van der Waals surface area contributed by atoms with Crippen LogP contribution in [0.4, 0.5) is 0 Å². The molecule has 0 saturated heterocycles. The smallest absolute Gasteiger partial charge is 0.143 e. The molecule has 16 heavy (non-hydrogen) atoms. The van der Waals surface area contributed by atoms with Crippen molar-refractivity contribution in [3.05, 3.63) is 12.2 Å². The first kappa shape index (κ1) is 11.8. The fourth-order valence-electron chi connectivity index (χ4n) is 3.37. The first-order valence-electron chi connectivity index (χ1n) is 6.31. The first-order chi connectivity index (χ1) is 7.48. The molecule has 1 saturated carbocycles. The third-order valence-electron chi connectivity index (χ3n) is 4.60. The molecule has 0 aliphatic heterocycles. The van der Waals surface area contributed by atoms with Crippen LogP contribution in [-0.2, 0) is 4.79 Å². The molecule has 1 N–H and O–H groups in total. The van der Waals surface area contributed by atoms with Crippen LogP contribution in [0.15, 0.2) is 12.2 Å². The highest BCUT2D eigenvalue weighted by atomic mass is 16.3. The van der Waals surface area contributed by atoms with Gasteiger partial charge in [0.1, 0.15) is 5.78 Å². The molecule has 4 atom stereocenters. The number of carbonyl (C=O) groups is 1. The van der Waals surface area contributed by atoms with Crippen LogP contribution in [0.5, 0.6) is 0 Å². The number of ketones is 1. The Kier molecular flexibility index (Phi) is 2.95. The summed E-state index contributed by atoms with van der Waals surface area (Å²) in [5.74, 6) is 2.06. The number of hydrogen-bond acceptors (Lipinski definition) is 2. The summed E-state index contributed by atoms with van der Waals surface area (Å²) < 4.78 is 0. The van der Waals surface area contributed by atoms with Crippen LogP contribution in [0.1, 0.15) is 33.6 Å². The van der Waals surface area contributed by atoms with E-state index in [0.717, 1.165) is 6.42 Å². The van der Waals surface area contributed by atoms with Gasteiger partial charge in [0.05, 0.1) is 0 Å².